The Morgan fingerprint density at radius 1 is 1.67 bits per heavy atom. The number of rotatable bonds is 4. The maximum atomic E-state index is 9.76. The van der Waals surface area contributed by atoms with Crippen molar-refractivity contribution in [1.82, 2.24) is 5.32 Å². The van der Waals surface area contributed by atoms with E-state index >= 15 is 0 Å². The molecule has 0 bridgehead atoms. The molecule has 0 spiro atoms. The van der Waals surface area contributed by atoms with Crippen LogP contribution in [0.1, 0.15) is 24.8 Å². The van der Waals surface area contributed by atoms with Crippen LogP contribution in [0.5, 0.6) is 0 Å². The van der Waals surface area contributed by atoms with E-state index in [0.29, 0.717) is 0 Å². The second-order valence-corrected chi connectivity index (χ2v) is 3.79. The molecule has 1 aromatic rings. The van der Waals surface area contributed by atoms with Crippen LogP contribution in [-0.2, 0) is 0 Å². The molecule has 0 saturated heterocycles. The van der Waals surface area contributed by atoms with E-state index in [1.165, 1.54) is 0 Å². The van der Waals surface area contributed by atoms with E-state index in [1.807, 2.05) is 31.4 Å². The lowest BCUT2D eigenvalue weighted by molar-refractivity contribution is 0.140. The van der Waals surface area contributed by atoms with Crippen molar-refractivity contribution in [3.8, 4) is 0 Å². The van der Waals surface area contributed by atoms with E-state index < -0.39 is 0 Å². The van der Waals surface area contributed by atoms with Gasteiger partial charge in [-0.1, -0.05) is 13.0 Å². The van der Waals surface area contributed by atoms with Crippen LogP contribution in [-0.4, -0.2) is 17.7 Å². The molecule has 1 heterocycles. The van der Waals surface area contributed by atoms with Crippen molar-refractivity contribution in [2.75, 3.05) is 6.54 Å². The quantitative estimate of drug-likeness (QED) is 0.749. The van der Waals surface area contributed by atoms with Crippen molar-refractivity contribution in [2.24, 2.45) is 0 Å². The lowest BCUT2D eigenvalue weighted by atomic mass is 10.1. The van der Waals surface area contributed by atoms with Gasteiger partial charge in [0, 0.05) is 10.9 Å². The van der Waals surface area contributed by atoms with Crippen LogP contribution in [0, 0.1) is 0 Å². The van der Waals surface area contributed by atoms with Gasteiger partial charge >= 0.3 is 0 Å². The van der Waals surface area contributed by atoms with E-state index in [2.05, 4.69) is 5.32 Å². The van der Waals surface area contributed by atoms with Gasteiger partial charge in [0.1, 0.15) is 6.10 Å². The Morgan fingerprint density at radius 3 is 2.92 bits per heavy atom. The van der Waals surface area contributed by atoms with Gasteiger partial charge in [-0.25, -0.2) is 0 Å². The molecule has 1 rings (SSSR count). The highest BCUT2D eigenvalue weighted by molar-refractivity contribution is 7.10. The summed E-state index contributed by atoms with van der Waals surface area (Å²) in [5, 5.41) is 14.9. The first-order valence-corrected chi connectivity index (χ1v) is 5.08. The van der Waals surface area contributed by atoms with Gasteiger partial charge in [0.15, 0.2) is 0 Å². The molecule has 0 fully saturated rings. The zero-order valence-corrected chi connectivity index (χ0v) is 8.27. The van der Waals surface area contributed by atoms with Crippen molar-refractivity contribution in [3.63, 3.8) is 0 Å². The van der Waals surface area contributed by atoms with Crippen LogP contribution in [0.15, 0.2) is 17.5 Å². The van der Waals surface area contributed by atoms with E-state index in [-0.39, 0.29) is 12.1 Å². The van der Waals surface area contributed by atoms with E-state index in [9.17, 15) is 5.11 Å². The first kappa shape index (κ1) is 9.71. The molecule has 0 amide bonds. The summed E-state index contributed by atoms with van der Waals surface area (Å²) >= 11 is 1.60. The molecule has 0 aromatic carbocycles. The SMILES string of the molecule is CCNC(C)C(O)c1cccs1. The van der Waals surface area contributed by atoms with Crippen molar-refractivity contribution >= 4 is 11.3 Å². The normalized spacial score (nSPS) is 15.9. The molecule has 2 nitrogen and oxygen atoms in total. The topological polar surface area (TPSA) is 32.3 Å². The lowest BCUT2D eigenvalue weighted by Gasteiger charge is -2.17. The monoisotopic (exact) mass is 185 g/mol. The van der Waals surface area contributed by atoms with Crippen LogP contribution in [0.25, 0.3) is 0 Å². The minimum atomic E-state index is -0.370. The third-order valence-electron chi connectivity index (χ3n) is 1.83. The molecule has 68 valence electrons. The summed E-state index contributed by atoms with van der Waals surface area (Å²) in [4.78, 5) is 1.03. The van der Waals surface area contributed by atoms with Gasteiger partial charge in [0.2, 0.25) is 0 Å². The Kier molecular flexibility index (Phi) is 3.72. The molecule has 1 aromatic heterocycles. The number of aliphatic hydroxyl groups excluding tert-OH is 1. The zero-order chi connectivity index (χ0) is 8.97. The van der Waals surface area contributed by atoms with Crippen LogP contribution in [0.4, 0.5) is 0 Å². The Balaban J connectivity index is 2.53. The summed E-state index contributed by atoms with van der Waals surface area (Å²) in [6.07, 6.45) is -0.370. The van der Waals surface area contributed by atoms with Gasteiger partial charge < -0.3 is 10.4 Å². The molecule has 2 N–H and O–H groups in total. The molecule has 0 aliphatic rings. The number of aliphatic hydroxyl groups is 1. The summed E-state index contributed by atoms with van der Waals surface area (Å²) in [5.41, 5.74) is 0. The highest BCUT2D eigenvalue weighted by Gasteiger charge is 2.15. The fourth-order valence-electron chi connectivity index (χ4n) is 1.14. The standard InChI is InChI=1S/C9H15NOS/c1-3-10-7(2)9(11)8-5-4-6-12-8/h4-7,9-11H,3H2,1-2H3. The smallest absolute Gasteiger partial charge is 0.103 e. The van der Waals surface area contributed by atoms with E-state index in [1.54, 1.807) is 11.3 Å². The van der Waals surface area contributed by atoms with Crippen molar-refractivity contribution in [1.29, 1.82) is 0 Å². The maximum absolute atomic E-state index is 9.76. The molecule has 12 heavy (non-hydrogen) atoms. The molecular formula is C9H15NOS. The van der Waals surface area contributed by atoms with Gasteiger partial charge in [-0.3, -0.25) is 0 Å². The highest BCUT2D eigenvalue weighted by atomic mass is 32.1. The number of likely N-dealkylation sites (N-methyl/N-ethyl adjacent to an activating group) is 1. The predicted molar refractivity (Wildman–Crippen MR) is 52.4 cm³/mol. The first-order chi connectivity index (χ1) is 5.75. The minimum absolute atomic E-state index is 0.133. The Hall–Kier alpha value is -0.380. The number of hydrogen-bond acceptors (Lipinski definition) is 3. The molecule has 0 aliphatic carbocycles. The number of hydrogen-bond donors (Lipinski definition) is 2. The molecule has 0 saturated carbocycles. The zero-order valence-electron chi connectivity index (χ0n) is 7.45. The minimum Gasteiger partial charge on any atom is -0.386 e. The van der Waals surface area contributed by atoms with Crippen LogP contribution >= 0.6 is 11.3 Å². The summed E-state index contributed by atoms with van der Waals surface area (Å²) in [6, 6.07) is 4.05. The van der Waals surface area contributed by atoms with Gasteiger partial charge in [-0.15, -0.1) is 11.3 Å². The van der Waals surface area contributed by atoms with Crippen molar-refractivity contribution in [3.05, 3.63) is 22.4 Å². The van der Waals surface area contributed by atoms with Gasteiger partial charge in [0.05, 0.1) is 0 Å². The average molecular weight is 185 g/mol. The highest BCUT2D eigenvalue weighted by Crippen LogP contribution is 2.21. The lowest BCUT2D eigenvalue weighted by Crippen LogP contribution is -2.31. The van der Waals surface area contributed by atoms with Gasteiger partial charge in [-0.05, 0) is 24.9 Å². The number of nitrogens with one attached hydrogen (secondary N) is 1. The fourth-order valence-corrected chi connectivity index (χ4v) is 1.95. The molecule has 0 aliphatic heterocycles. The third-order valence-corrected chi connectivity index (χ3v) is 2.78. The van der Waals surface area contributed by atoms with Gasteiger partial charge in [-0.2, -0.15) is 0 Å². The largest absolute Gasteiger partial charge is 0.386 e. The van der Waals surface area contributed by atoms with Gasteiger partial charge in [0.25, 0.3) is 0 Å². The average Bonchev–Trinajstić information content (AvgIpc) is 2.55. The summed E-state index contributed by atoms with van der Waals surface area (Å²) in [6.45, 7) is 4.93. The first-order valence-electron chi connectivity index (χ1n) is 4.20. The van der Waals surface area contributed by atoms with Crippen molar-refractivity contribution in [2.45, 2.75) is 26.0 Å². The molecule has 2 unspecified atom stereocenters. The fraction of sp³-hybridized carbons (Fsp3) is 0.556. The summed E-state index contributed by atoms with van der Waals surface area (Å²) in [7, 11) is 0. The van der Waals surface area contributed by atoms with Crippen LogP contribution in [0.3, 0.4) is 0 Å². The summed E-state index contributed by atoms with van der Waals surface area (Å²) < 4.78 is 0. The Labute approximate surface area is 77.2 Å². The van der Waals surface area contributed by atoms with Crippen molar-refractivity contribution < 1.29 is 5.11 Å². The third kappa shape index (κ3) is 2.30. The van der Waals surface area contributed by atoms with E-state index in [0.717, 1.165) is 11.4 Å². The molecular weight excluding hydrogens is 170 g/mol. The molecule has 3 heteroatoms. The Bertz CT molecular complexity index is 210. The summed E-state index contributed by atoms with van der Waals surface area (Å²) in [5.74, 6) is 0. The number of thiophene rings is 1. The second-order valence-electron chi connectivity index (χ2n) is 2.81. The van der Waals surface area contributed by atoms with E-state index in [4.69, 9.17) is 0 Å². The molecule has 2 atom stereocenters. The molecule has 0 radical (unpaired) electrons. The second kappa shape index (κ2) is 4.60. The Morgan fingerprint density at radius 2 is 2.42 bits per heavy atom. The van der Waals surface area contributed by atoms with Crippen LogP contribution < -0.4 is 5.32 Å². The van der Waals surface area contributed by atoms with Crippen LogP contribution in [0.2, 0.25) is 0 Å². The maximum Gasteiger partial charge on any atom is 0.103 e. The predicted octanol–water partition coefficient (Wildman–Crippen LogP) is 1.78.